The minimum atomic E-state index is -0.151. The Hall–Kier alpha value is -2.49. The summed E-state index contributed by atoms with van der Waals surface area (Å²) in [4.78, 5) is 0. The maximum absolute atomic E-state index is 9.20. The van der Waals surface area contributed by atoms with Crippen molar-refractivity contribution in [3.05, 3.63) is 59.7 Å². The molecule has 0 fully saturated rings. The quantitative estimate of drug-likeness (QED) is 0.671. The third-order valence-corrected chi connectivity index (χ3v) is 3.45. The van der Waals surface area contributed by atoms with Gasteiger partial charge in [0.1, 0.15) is 17.6 Å². The highest BCUT2D eigenvalue weighted by molar-refractivity contribution is 6.03. The summed E-state index contributed by atoms with van der Waals surface area (Å²) in [6, 6.07) is 15.3. The van der Waals surface area contributed by atoms with E-state index in [1.54, 1.807) is 7.11 Å². The van der Waals surface area contributed by atoms with E-state index < -0.39 is 0 Å². The number of hydrogen-bond donors (Lipinski definition) is 1. The molecular weight excluding hydrogens is 254 g/mol. The van der Waals surface area contributed by atoms with Crippen molar-refractivity contribution in [3.8, 4) is 11.5 Å². The number of ether oxygens (including phenoxy) is 2. The summed E-state index contributed by atoms with van der Waals surface area (Å²) in [6.07, 6.45) is 0.390. The number of rotatable bonds is 2. The zero-order valence-electron chi connectivity index (χ0n) is 11.1. The molecule has 2 aromatic rings. The van der Waals surface area contributed by atoms with E-state index in [0.717, 1.165) is 22.6 Å². The van der Waals surface area contributed by atoms with Gasteiger partial charge in [0, 0.05) is 12.0 Å². The molecule has 102 valence electrons. The molecular formula is C16H15NO3. The average Bonchev–Trinajstić information content (AvgIpc) is 2.54. The number of para-hydroxylation sites is 1. The largest absolute Gasteiger partial charge is 0.497 e. The standard InChI is InChI=1S/C16H15NO3/c1-19-12-8-6-11(7-9-12)16-10-14(17-18)13-4-2-3-5-15(13)20-16/h2-9,16,18H,10H2,1H3/b17-14-. The molecule has 0 saturated carbocycles. The van der Waals surface area contributed by atoms with E-state index in [0.29, 0.717) is 12.1 Å². The number of benzene rings is 2. The van der Waals surface area contributed by atoms with Gasteiger partial charge in [-0.1, -0.05) is 29.4 Å². The Bertz CT molecular complexity index is 634. The molecule has 1 N–H and O–H groups in total. The van der Waals surface area contributed by atoms with Crippen LogP contribution in [-0.2, 0) is 0 Å². The van der Waals surface area contributed by atoms with Crippen LogP contribution in [0.1, 0.15) is 23.7 Å². The lowest BCUT2D eigenvalue weighted by Gasteiger charge is -2.26. The van der Waals surface area contributed by atoms with Gasteiger partial charge in [-0.25, -0.2) is 0 Å². The van der Waals surface area contributed by atoms with Crippen LogP contribution in [0.2, 0.25) is 0 Å². The van der Waals surface area contributed by atoms with Gasteiger partial charge in [-0.2, -0.15) is 0 Å². The number of oxime groups is 1. The second-order valence-electron chi connectivity index (χ2n) is 4.63. The molecule has 0 radical (unpaired) electrons. The van der Waals surface area contributed by atoms with Gasteiger partial charge in [0.25, 0.3) is 0 Å². The van der Waals surface area contributed by atoms with E-state index in [1.165, 1.54) is 0 Å². The topological polar surface area (TPSA) is 51.0 Å². The van der Waals surface area contributed by atoms with Gasteiger partial charge >= 0.3 is 0 Å². The average molecular weight is 269 g/mol. The van der Waals surface area contributed by atoms with Crippen LogP contribution >= 0.6 is 0 Å². The van der Waals surface area contributed by atoms with E-state index in [4.69, 9.17) is 9.47 Å². The molecule has 1 aliphatic heterocycles. The van der Waals surface area contributed by atoms with Crippen molar-refractivity contribution in [2.45, 2.75) is 12.5 Å². The van der Waals surface area contributed by atoms with Gasteiger partial charge in [0.2, 0.25) is 0 Å². The first-order valence-electron chi connectivity index (χ1n) is 6.42. The molecule has 0 amide bonds. The second-order valence-corrected chi connectivity index (χ2v) is 4.63. The minimum Gasteiger partial charge on any atom is -0.497 e. The van der Waals surface area contributed by atoms with Crippen LogP contribution in [0.3, 0.4) is 0 Å². The minimum absolute atomic E-state index is 0.151. The number of nitrogens with zero attached hydrogens (tertiary/aromatic N) is 1. The van der Waals surface area contributed by atoms with Gasteiger partial charge in [-0.15, -0.1) is 0 Å². The summed E-state index contributed by atoms with van der Waals surface area (Å²) in [6.45, 7) is 0. The Morgan fingerprint density at radius 3 is 2.60 bits per heavy atom. The summed E-state index contributed by atoms with van der Waals surface area (Å²) in [7, 11) is 1.64. The third kappa shape index (κ3) is 2.20. The Balaban J connectivity index is 1.93. The van der Waals surface area contributed by atoms with Crippen LogP contribution in [0.15, 0.2) is 53.7 Å². The Labute approximate surface area is 117 Å². The van der Waals surface area contributed by atoms with Crippen molar-refractivity contribution in [2.75, 3.05) is 7.11 Å². The summed E-state index contributed by atoms with van der Waals surface area (Å²) < 4.78 is 11.1. The molecule has 4 nitrogen and oxygen atoms in total. The van der Waals surface area contributed by atoms with Gasteiger partial charge in [-0.05, 0) is 29.8 Å². The highest BCUT2D eigenvalue weighted by Gasteiger charge is 2.26. The number of hydrogen-bond acceptors (Lipinski definition) is 4. The Kier molecular flexibility index (Phi) is 3.29. The summed E-state index contributed by atoms with van der Waals surface area (Å²) in [5.41, 5.74) is 2.52. The van der Waals surface area contributed by atoms with Crippen molar-refractivity contribution < 1.29 is 14.7 Å². The fourth-order valence-corrected chi connectivity index (χ4v) is 2.39. The molecule has 1 unspecified atom stereocenters. The van der Waals surface area contributed by atoms with Crippen molar-refractivity contribution in [3.63, 3.8) is 0 Å². The van der Waals surface area contributed by atoms with Crippen molar-refractivity contribution >= 4 is 5.71 Å². The Morgan fingerprint density at radius 2 is 1.90 bits per heavy atom. The smallest absolute Gasteiger partial charge is 0.129 e. The molecule has 3 rings (SSSR count). The maximum Gasteiger partial charge on any atom is 0.129 e. The Morgan fingerprint density at radius 1 is 1.15 bits per heavy atom. The molecule has 20 heavy (non-hydrogen) atoms. The van der Waals surface area contributed by atoms with Gasteiger partial charge in [0.05, 0.1) is 12.8 Å². The lowest BCUT2D eigenvalue weighted by molar-refractivity contribution is 0.203. The van der Waals surface area contributed by atoms with Crippen LogP contribution in [0.25, 0.3) is 0 Å². The van der Waals surface area contributed by atoms with Crippen molar-refractivity contribution in [1.82, 2.24) is 0 Å². The molecule has 1 aliphatic rings. The molecule has 0 aromatic heterocycles. The van der Waals surface area contributed by atoms with Crippen molar-refractivity contribution in [1.29, 1.82) is 0 Å². The van der Waals surface area contributed by atoms with Crippen LogP contribution in [-0.4, -0.2) is 18.0 Å². The molecule has 4 heteroatoms. The summed E-state index contributed by atoms with van der Waals surface area (Å²) >= 11 is 0. The number of methoxy groups -OCH3 is 1. The lowest BCUT2D eigenvalue weighted by Crippen LogP contribution is -2.20. The zero-order chi connectivity index (χ0) is 13.9. The van der Waals surface area contributed by atoms with Gasteiger partial charge in [0.15, 0.2) is 0 Å². The predicted octanol–water partition coefficient (Wildman–Crippen LogP) is 3.40. The lowest BCUT2D eigenvalue weighted by atomic mass is 9.95. The van der Waals surface area contributed by atoms with Crippen LogP contribution in [0, 0.1) is 0 Å². The predicted molar refractivity (Wildman–Crippen MR) is 75.7 cm³/mol. The van der Waals surface area contributed by atoms with Crippen LogP contribution < -0.4 is 9.47 Å². The molecule has 2 aromatic carbocycles. The molecule has 1 atom stereocenters. The number of fused-ring (bicyclic) bond motifs is 1. The third-order valence-electron chi connectivity index (χ3n) is 3.45. The molecule has 1 heterocycles. The maximum atomic E-state index is 9.20. The zero-order valence-corrected chi connectivity index (χ0v) is 11.1. The van der Waals surface area contributed by atoms with Crippen LogP contribution in [0.5, 0.6) is 11.5 Å². The highest BCUT2D eigenvalue weighted by atomic mass is 16.5. The molecule has 0 spiro atoms. The second kappa shape index (κ2) is 5.25. The van der Waals surface area contributed by atoms with Gasteiger partial charge < -0.3 is 14.7 Å². The summed E-state index contributed by atoms with van der Waals surface area (Å²) in [5.74, 6) is 1.55. The molecule has 0 aliphatic carbocycles. The van der Waals surface area contributed by atoms with E-state index in [1.807, 2.05) is 48.5 Å². The van der Waals surface area contributed by atoms with Gasteiger partial charge in [-0.3, -0.25) is 0 Å². The fourth-order valence-electron chi connectivity index (χ4n) is 2.39. The molecule has 0 bridgehead atoms. The highest BCUT2D eigenvalue weighted by Crippen LogP contribution is 2.35. The molecule has 0 saturated heterocycles. The van der Waals surface area contributed by atoms with E-state index >= 15 is 0 Å². The normalized spacial score (nSPS) is 19.2. The SMILES string of the molecule is COc1ccc(C2C/C(=N/O)c3ccccc3O2)cc1. The van der Waals surface area contributed by atoms with E-state index in [2.05, 4.69) is 5.16 Å². The van der Waals surface area contributed by atoms with E-state index in [9.17, 15) is 5.21 Å². The first-order chi connectivity index (χ1) is 9.81. The van der Waals surface area contributed by atoms with Crippen LogP contribution in [0.4, 0.5) is 0 Å². The fraction of sp³-hybridized carbons (Fsp3) is 0.188. The van der Waals surface area contributed by atoms with E-state index in [-0.39, 0.29) is 6.10 Å². The monoisotopic (exact) mass is 269 g/mol. The van der Waals surface area contributed by atoms with Crippen molar-refractivity contribution in [2.24, 2.45) is 5.16 Å². The first-order valence-corrected chi connectivity index (χ1v) is 6.42. The summed E-state index contributed by atoms with van der Waals surface area (Å²) in [5, 5.41) is 12.6. The first kappa shape index (κ1) is 12.5.